The van der Waals surface area contributed by atoms with E-state index in [-0.39, 0.29) is 56.2 Å². The Morgan fingerprint density at radius 1 is 0.849 bits per heavy atom. The molecule has 1 aliphatic heterocycles. The first-order valence-corrected chi connectivity index (χ1v) is 18.2. The minimum Gasteiger partial charge on any atom is -0.508 e. The fourth-order valence-electron chi connectivity index (χ4n) is 6.18. The van der Waals surface area contributed by atoms with Crippen LogP contribution in [0.15, 0.2) is 36.4 Å². The van der Waals surface area contributed by atoms with Gasteiger partial charge in [0.05, 0.1) is 6.04 Å². The van der Waals surface area contributed by atoms with Crippen LogP contribution >= 0.6 is 0 Å². The van der Waals surface area contributed by atoms with Crippen LogP contribution in [0.2, 0.25) is 0 Å². The van der Waals surface area contributed by atoms with Crippen molar-refractivity contribution >= 4 is 29.5 Å². The van der Waals surface area contributed by atoms with Gasteiger partial charge in [0.1, 0.15) is 29.6 Å². The number of hydrogen-bond acceptors (Lipinski definition) is 11. The minimum absolute atomic E-state index is 0.00429. The Bertz CT molecular complexity index is 1560. The maximum Gasteiger partial charge on any atom is 0.243 e. The predicted octanol–water partition coefficient (Wildman–Crippen LogP) is -1.13. The predicted molar refractivity (Wildman–Crippen MR) is 202 cm³/mol. The number of nitrogens with two attached hydrogens (primary N) is 1. The van der Waals surface area contributed by atoms with Crippen molar-refractivity contribution < 1.29 is 34.2 Å². The molecule has 0 saturated carbocycles. The number of amides is 5. The number of benzene rings is 2. The molecule has 2 aromatic rings. The summed E-state index contributed by atoms with van der Waals surface area (Å²) in [4.78, 5) is 66.9. The third-order valence-electron chi connectivity index (χ3n) is 9.41. The quantitative estimate of drug-likeness (QED) is 0.0818. The normalized spacial score (nSPS) is 18.8. The maximum absolute atomic E-state index is 14.1. The van der Waals surface area contributed by atoms with Crippen molar-refractivity contribution in [3.8, 4) is 22.6 Å². The van der Waals surface area contributed by atoms with Crippen LogP contribution in [0.25, 0.3) is 11.1 Å². The molecule has 1 heterocycles. The van der Waals surface area contributed by atoms with Crippen LogP contribution in [0, 0.1) is 0 Å². The van der Waals surface area contributed by atoms with Gasteiger partial charge >= 0.3 is 0 Å². The Morgan fingerprint density at radius 2 is 1.47 bits per heavy atom. The molecule has 12 N–H and O–H groups in total. The number of aromatic hydroxyl groups is 2. The second kappa shape index (κ2) is 21.7. The van der Waals surface area contributed by atoms with E-state index in [9.17, 15) is 34.2 Å². The molecule has 53 heavy (non-hydrogen) atoms. The second-order valence-electron chi connectivity index (χ2n) is 13.3. The Morgan fingerprint density at radius 3 is 2.06 bits per heavy atom. The molecular weight excluding hydrogens is 682 g/mol. The van der Waals surface area contributed by atoms with Gasteiger partial charge in [-0.3, -0.25) is 24.0 Å². The van der Waals surface area contributed by atoms with Gasteiger partial charge in [-0.2, -0.15) is 0 Å². The van der Waals surface area contributed by atoms with E-state index in [0.717, 1.165) is 19.4 Å². The van der Waals surface area contributed by atoms with Crippen molar-refractivity contribution in [1.82, 2.24) is 42.5 Å². The Balaban J connectivity index is 2.01. The summed E-state index contributed by atoms with van der Waals surface area (Å²) in [5.74, 6) is -3.18. The van der Waals surface area contributed by atoms with Gasteiger partial charge in [0.2, 0.25) is 29.5 Å². The summed E-state index contributed by atoms with van der Waals surface area (Å²) in [6.07, 6.45) is 2.05. The molecule has 0 fully saturated rings. The van der Waals surface area contributed by atoms with Gasteiger partial charge in [-0.1, -0.05) is 12.1 Å². The Labute approximate surface area is 311 Å². The van der Waals surface area contributed by atoms with E-state index >= 15 is 0 Å². The summed E-state index contributed by atoms with van der Waals surface area (Å²) in [5.41, 5.74) is 7.58. The number of primary amides is 1. The average molecular weight is 740 g/mol. The largest absolute Gasteiger partial charge is 0.508 e. The number of likely N-dealkylation sites (N-methyl/N-ethyl adjacent to an activating group) is 2. The molecule has 16 heteroatoms. The second-order valence-corrected chi connectivity index (χ2v) is 13.3. The van der Waals surface area contributed by atoms with Crippen molar-refractivity contribution in [3.63, 3.8) is 0 Å². The zero-order valence-corrected chi connectivity index (χ0v) is 31.1. The molecule has 0 spiro atoms. The summed E-state index contributed by atoms with van der Waals surface area (Å²) in [6, 6.07) is 5.43. The number of nitrogens with one attached hydrogen (secondary N) is 8. The van der Waals surface area contributed by atoms with Crippen molar-refractivity contribution in [3.05, 3.63) is 47.5 Å². The lowest BCUT2D eigenvalue weighted by Gasteiger charge is -2.27. The molecule has 2 aromatic carbocycles. The maximum atomic E-state index is 14.1. The smallest absolute Gasteiger partial charge is 0.243 e. The number of carbonyl (C=O) groups is 5. The molecule has 292 valence electrons. The Hall–Kier alpha value is -4.77. The summed E-state index contributed by atoms with van der Waals surface area (Å²) < 4.78 is 0. The van der Waals surface area contributed by atoms with Crippen molar-refractivity contribution in [2.24, 2.45) is 5.73 Å². The fourth-order valence-corrected chi connectivity index (χ4v) is 6.18. The highest BCUT2D eigenvalue weighted by atomic mass is 16.3. The van der Waals surface area contributed by atoms with Crippen LogP contribution in [0.1, 0.15) is 49.7 Å². The number of rotatable bonds is 18. The molecule has 5 atom stereocenters. The lowest BCUT2D eigenvalue weighted by Crippen LogP contribution is -2.59. The zero-order valence-electron chi connectivity index (χ0n) is 31.1. The molecule has 3 rings (SSSR count). The first kappa shape index (κ1) is 42.6. The number of phenolic OH excluding ortho intramolecular Hbond substituents is 2. The molecule has 0 unspecified atom stereocenters. The number of hydrogen-bond donors (Lipinski definition) is 11. The molecule has 1 aliphatic rings. The van der Waals surface area contributed by atoms with E-state index in [4.69, 9.17) is 5.73 Å². The van der Waals surface area contributed by atoms with Crippen LogP contribution in [0.3, 0.4) is 0 Å². The monoisotopic (exact) mass is 739 g/mol. The molecule has 4 bridgehead atoms. The summed E-state index contributed by atoms with van der Waals surface area (Å²) in [6.45, 7) is 1.63. The molecule has 0 aliphatic carbocycles. The SMILES string of the molecule is CNCCC[C@@H](CNC(=O)[C@H](CCC(N)=O)NC(=O)[C@@H]1Cc2cc(ccc2O)-c2ccc(O)c(c2)C[C@H](NC)C(=O)N[C@@H](CCCNC)C(=O)N1)NC. The average Bonchev–Trinajstić information content (AvgIpc) is 3.13. The van der Waals surface area contributed by atoms with Gasteiger partial charge < -0.3 is 58.5 Å². The van der Waals surface area contributed by atoms with Gasteiger partial charge in [0.25, 0.3) is 0 Å². The van der Waals surface area contributed by atoms with E-state index in [2.05, 4.69) is 42.5 Å². The van der Waals surface area contributed by atoms with E-state index in [1.165, 1.54) is 12.1 Å². The molecule has 0 aromatic heterocycles. The van der Waals surface area contributed by atoms with Crippen LogP contribution in [0.5, 0.6) is 11.5 Å². The van der Waals surface area contributed by atoms with Crippen molar-refractivity contribution in [1.29, 1.82) is 0 Å². The van der Waals surface area contributed by atoms with Gasteiger partial charge in [-0.15, -0.1) is 0 Å². The highest BCUT2D eigenvalue weighted by molar-refractivity contribution is 5.95. The molecular formula is C37H57N9O7. The van der Waals surface area contributed by atoms with E-state index in [1.807, 2.05) is 7.05 Å². The standard InChI is InChI=1S/C37H57N9O7/c1-39-15-5-7-26(41-3)21-43-34(50)28(11-14-33(38)49)45-37(53)30-20-25-18-23(10-13-32(25)48)22-9-12-31(47)24(17-22)19-29(42-4)36(52)44-27(35(51)46-30)8-6-16-40-2/h9-10,12-13,17-18,26-30,39-42,47-48H,5-8,11,14-16,19-21H2,1-4H3,(H2,38,49)(H,43,50)(H,44,52)(H,45,53)(H,46,51)/t26-,27-,28-,29-,30-/m0/s1. The third-order valence-corrected chi connectivity index (χ3v) is 9.41. The van der Waals surface area contributed by atoms with Gasteiger partial charge in [-0.05, 0) is 120 Å². The van der Waals surface area contributed by atoms with E-state index in [0.29, 0.717) is 35.2 Å². The topological polar surface area (TPSA) is 248 Å². The lowest BCUT2D eigenvalue weighted by atomic mass is 9.95. The molecule has 5 amide bonds. The highest BCUT2D eigenvalue weighted by Crippen LogP contribution is 2.31. The summed E-state index contributed by atoms with van der Waals surface area (Å²) in [5, 5.41) is 45.0. The fraction of sp³-hybridized carbons (Fsp3) is 0.541. The summed E-state index contributed by atoms with van der Waals surface area (Å²) >= 11 is 0. The number of fused-ring (bicyclic) bond motifs is 5. The Kier molecular flexibility index (Phi) is 17.4. The molecule has 0 radical (unpaired) electrons. The third kappa shape index (κ3) is 13.3. The van der Waals surface area contributed by atoms with E-state index in [1.54, 1.807) is 45.4 Å². The van der Waals surface area contributed by atoms with Crippen LogP contribution in [0.4, 0.5) is 0 Å². The van der Waals surface area contributed by atoms with E-state index < -0.39 is 53.7 Å². The first-order valence-electron chi connectivity index (χ1n) is 18.2. The van der Waals surface area contributed by atoms with Gasteiger partial charge in [0.15, 0.2) is 0 Å². The minimum atomic E-state index is -1.32. The zero-order chi connectivity index (χ0) is 38.9. The number of phenols is 2. The lowest BCUT2D eigenvalue weighted by molar-refractivity contribution is -0.134. The molecule has 16 nitrogen and oxygen atoms in total. The van der Waals surface area contributed by atoms with Gasteiger partial charge in [-0.25, -0.2) is 0 Å². The van der Waals surface area contributed by atoms with Crippen molar-refractivity contribution in [2.45, 2.75) is 81.6 Å². The van der Waals surface area contributed by atoms with Crippen LogP contribution in [-0.4, -0.2) is 118 Å². The van der Waals surface area contributed by atoms with Gasteiger partial charge in [0, 0.05) is 31.8 Å². The molecule has 0 saturated heterocycles. The first-order chi connectivity index (χ1) is 25.4. The van der Waals surface area contributed by atoms with Crippen molar-refractivity contribution in [2.75, 3.05) is 47.8 Å². The van der Waals surface area contributed by atoms with Crippen LogP contribution < -0.4 is 48.3 Å². The highest BCUT2D eigenvalue weighted by Gasteiger charge is 2.32. The van der Waals surface area contributed by atoms with Crippen LogP contribution in [-0.2, 0) is 36.8 Å². The summed E-state index contributed by atoms with van der Waals surface area (Å²) in [7, 11) is 7.02. The number of carbonyl (C=O) groups excluding carboxylic acids is 5.